The van der Waals surface area contributed by atoms with Crippen molar-refractivity contribution in [2.75, 3.05) is 50.8 Å². The third-order valence-corrected chi connectivity index (χ3v) is 7.07. The van der Waals surface area contributed by atoms with E-state index in [9.17, 15) is 18.7 Å². The largest absolute Gasteiger partial charge is 0.486 e. The lowest BCUT2D eigenvalue weighted by Crippen LogP contribution is -2.48. The number of carbonyl (C=O) groups is 1. The molecule has 2 N–H and O–H groups in total. The molecular weight excluding hydrogens is 456 g/mol. The van der Waals surface area contributed by atoms with Crippen molar-refractivity contribution in [1.82, 2.24) is 10.2 Å². The molecule has 2 fully saturated rings. The Morgan fingerprint density at radius 1 is 1.09 bits per heavy atom. The summed E-state index contributed by atoms with van der Waals surface area (Å²) in [6.07, 6.45) is 1.70. The molecule has 9 heteroatoms. The SMILES string of the molecule is O=C(NC(CN1CCCC1)C(O)c1cc(F)c2c(c1)OCCO2)C1CCN(c2ccc(F)cc2)C1. The number of nitrogens with zero attached hydrogens (tertiary/aromatic N) is 2. The van der Waals surface area contributed by atoms with Crippen LogP contribution in [0.5, 0.6) is 11.5 Å². The van der Waals surface area contributed by atoms with Crippen LogP contribution in [0.3, 0.4) is 0 Å². The second-order valence-corrected chi connectivity index (χ2v) is 9.50. The van der Waals surface area contributed by atoms with Crippen LogP contribution in [0.1, 0.15) is 30.9 Å². The highest BCUT2D eigenvalue weighted by Gasteiger charge is 2.33. The lowest BCUT2D eigenvalue weighted by atomic mass is 9.99. The van der Waals surface area contributed by atoms with E-state index in [-0.39, 0.29) is 35.7 Å². The van der Waals surface area contributed by atoms with Gasteiger partial charge in [0.1, 0.15) is 25.1 Å². The summed E-state index contributed by atoms with van der Waals surface area (Å²) >= 11 is 0. The topological polar surface area (TPSA) is 74.3 Å². The van der Waals surface area contributed by atoms with Gasteiger partial charge in [0, 0.05) is 25.3 Å². The Bertz CT molecular complexity index is 1050. The number of rotatable bonds is 7. The Morgan fingerprint density at radius 2 is 1.83 bits per heavy atom. The molecule has 3 aliphatic heterocycles. The molecule has 0 saturated carbocycles. The van der Waals surface area contributed by atoms with Crippen LogP contribution in [0.4, 0.5) is 14.5 Å². The van der Waals surface area contributed by atoms with Gasteiger partial charge in [-0.25, -0.2) is 8.78 Å². The summed E-state index contributed by atoms with van der Waals surface area (Å²) in [5, 5.41) is 14.3. The number of hydrogen-bond donors (Lipinski definition) is 2. The molecule has 0 spiro atoms. The number of nitrogens with one attached hydrogen (secondary N) is 1. The van der Waals surface area contributed by atoms with Gasteiger partial charge in [-0.3, -0.25) is 4.79 Å². The number of fused-ring (bicyclic) bond motifs is 1. The predicted molar refractivity (Wildman–Crippen MR) is 127 cm³/mol. The first-order valence-corrected chi connectivity index (χ1v) is 12.3. The molecule has 188 valence electrons. The highest BCUT2D eigenvalue weighted by Crippen LogP contribution is 2.36. The fraction of sp³-hybridized carbons (Fsp3) is 0.500. The average molecular weight is 488 g/mol. The van der Waals surface area contributed by atoms with Crippen molar-refractivity contribution in [3.8, 4) is 11.5 Å². The van der Waals surface area contributed by atoms with Crippen LogP contribution >= 0.6 is 0 Å². The van der Waals surface area contributed by atoms with Crippen LogP contribution < -0.4 is 19.7 Å². The van der Waals surface area contributed by atoms with E-state index >= 15 is 0 Å². The van der Waals surface area contributed by atoms with Gasteiger partial charge >= 0.3 is 0 Å². The van der Waals surface area contributed by atoms with Crippen LogP contribution in [0, 0.1) is 17.6 Å². The Kier molecular flexibility index (Phi) is 7.06. The van der Waals surface area contributed by atoms with E-state index in [4.69, 9.17) is 9.47 Å². The van der Waals surface area contributed by atoms with Crippen molar-refractivity contribution in [2.24, 2.45) is 5.92 Å². The van der Waals surface area contributed by atoms with Gasteiger partial charge in [-0.15, -0.1) is 0 Å². The lowest BCUT2D eigenvalue weighted by molar-refractivity contribution is -0.126. The predicted octanol–water partition coefficient (Wildman–Crippen LogP) is 2.88. The molecule has 3 atom stereocenters. The molecule has 35 heavy (non-hydrogen) atoms. The first kappa shape index (κ1) is 23.8. The Morgan fingerprint density at radius 3 is 2.60 bits per heavy atom. The van der Waals surface area contributed by atoms with Crippen LogP contribution in [0.25, 0.3) is 0 Å². The zero-order chi connectivity index (χ0) is 24.4. The normalized spacial score (nSPS) is 21.7. The quantitative estimate of drug-likeness (QED) is 0.626. The van der Waals surface area contributed by atoms with Crippen molar-refractivity contribution in [3.05, 3.63) is 53.6 Å². The van der Waals surface area contributed by atoms with Crippen molar-refractivity contribution >= 4 is 11.6 Å². The number of benzene rings is 2. The average Bonchev–Trinajstić information content (AvgIpc) is 3.56. The fourth-order valence-electron chi connectivity index (χ4n) is 5.16. The zero-order valence-electron chi connectivity index (χ0n) is 19.6. The van der Waals surface area contributed by atoms with E-state index in [0.29, 0.717) is 38.2 Å². The molecule has 7 nitrogen and oxygen atoms in total. The molecule has 2 saturated heterocycles. The molecule has 3 aliphatic rings. The van der Waals surface area contributed by atoms with Crippen LogP contribution in [0.15, 0.2) is 36.4 Å². The molecule has 2 aromatic rings. The molecule has 0 aromatic heterocycles. The maximum atomic E-state index is 14.7. The van der Waals surface area contributed by atoms with Crippen LogP contribution in [0.2, 0.25) is 0 Å². The molecule has 0 aliphatic carbocycles. The standard InChI is InChI=1S/C26H31F2N3O4/c27-19-3-5-20(6-4-19)31-10-7-17(15-31)26(33)29-22(16-30-8-1-2-9-30)24(32)18-13-21(28)25-23(14-18)34-11-12-35-25/h3-6,13-14,17,22,24,32H,1-2,7-12,15-16H2,(H,29,33). The molecule has 3 unspecified atom stereocenters. The minimum absolute atomic E-state index is 0.0548. The number of likely N-dealkylation sites (tertiary alicyclic amines) is 1. The third-order valence-electron chi connectivity index (χ3n) is 7.07. The van der Waals surface area contributed by atoms with Crippen molar-refractivity contribution in [1.29, 1.82) is 0 Å². The van der Waals surface area contributed by atoms with E-state index in [1.165, 1.54) is 18.2 Å². The first-order valence-electron chi connectivity index (χ1n) is 12.3. The maximum Gasteiger partial charge on any atom is 0.225 e. The highest BCUT2D eigenvalue weighted by molar-refractivity contribution is 5.80. The Labute approximate surface area is 203 Å². The summed E-state index contributed by atoms with van der Waals surface area (Å²) in [5.74, 6) is -0.965. The van der Waals surface area contributed by atoms with Gasteiger partial charge < -0.3 is 29.7 Å². The van der Waals surface area contributed by atoms with Crippen molar-refractivity contribution < 1.29 is 28.2 Å². The molecule has 0 radical (unpaired) electrons. The van der Waals surface area contributed by atoms with Crippen molar-refractivity contribution in [3.63, 3.8) is 0 Å². The van der Waals surface area contributed by atoms with Crippen LogP contribution in [-0.4, -0.2) is 67.9 Å². The van der Waals surface area contributed by atoms with Gasteiger partial charge in [0.25, 0.3) is 0 Å². The number of amides is 1. The minimum Gasteiger partial charge on any atom is -0.486 e. The number of carbonyl (C=O) groups excluding carboxylic acids is 1. The molecule has 2 aromatic carbocycles. The number of aliphatic hydroxyl groups is 1. The van der Waals surface area contributed by atoms with Gasteiger partial charge in [-0.1, -0.05) is 0 Å². The Balaban J connectivity index is 1.30. The Hall–Kier alpha value is -2.91. The monoisotopic (exact) mass is 487 g/mol. The molecule has 5 rings (SSSR count). The summed E-state index contributed by atoms with van der Waals surface area (Å²) in [7, 11) is 0. The molecule has 0 bridgehead atoms. The number of hydrogen-bond acceptors (Lipinski definition) is 6. The maximum absolute atomic E-state index is 14.7. The van der Waals surface area contributed by atoms with E-state index in [1.54, 1.807) is 18.2 Å². The molecule has 1 amide bonds. The summed E-state index contributed by atoms with van der Waals surface area (Å²) in [6.45, 7) is 4.06. The third kappa shape index (κ3) is 5.36. The summed E-state index contributed by atoms with van der Waals surface area (Å²) in [6, 6.07) is 8.50. The number of aliphatic hydroxyl groups excluding tert-OH is 1. The molecule has 3 heterocycles. The van der Waals surface area contributed by atoms with Gasteiger partial charge in [0.2, 0.25) is 5.91 Å². The van der Waals surface area contributed by atoms with Crippen LogP contribution in [-0.2, 0) is 4.79 Å². The van der Waals surface area contributed by atoms with E-state index in [1.807, 2.05) is 0 Å². The fourth-order valence-corrected chi connectivity index (χ4v) is 5.16. The first-order chi connectivity index (χ1) is 17.0. The zero-order valence-corrected chi connectivity index (χ0v) is 19.6. The van der Waals surface area contributed by atoms with E-state index in [0.717, 1.165) is 31.6 Å². The second kappa shape index (κ2) is 10.4. The minimum atomic E-state index is -1.11. The number of halogens is 2. The molecular formula is C26H31F2N3O4. The van der Waals surface area contributed by atoms with Gasteiger partial charge in [0.15, 0.2) is 17.3 Å². The summed E-state index contributed by atoms with van der Waals surface area (Å²) in [5.41, 5.74) is 1.22. The summed E-state index contributed by atoms with van der Waals surface area (Å²) in [4.78, 5) is 17.5. The summed E-state index contributed by atoms with van der Waals surface area (Å²) < 4.78 is 38.8. The van der Waals surface area contributed by atoms with Gasteiger partial charge in [-0.2, -0.15) is 0 Å². The lowest BCUT2D eigenvalue weighted by Gasteiger charge is -2.30. The van der Waals surface area contributed by atoms with Crippen molar-refractivity contribution in [2.45, 2.75) is 31.4 Å². The second-order valence-electron chi connectivity index (χ2n) is 9.50. The van der Waals surface area contributed by atoms with E-state index < -0.39 is 18.0 Å². The van der Waals surface area contributed by atoms with Gasteiger partial charge in [0.05, 0.1) is 12.0 Å². The van der Waals surface area contributed by atoms with Gasteiger partial charge in [-0.05, 0) is 74.3 Å². The number of ether oxygens (including phenoxy) is 2. The smallest absolute Gasteiger partial charge is 0.225 e. The van der Waals surface area contributed by atoms with E-state index in [2.05, 4.69) is 15.1 Å². The highest BCUT2D eigenvalue weighted by atomic mass is 19.1. The number of anilines is 1.